The highest BCUT2D eigenvalue weighted by Gasteiger charge is 2.11. The lowest BCUT2D eigenvalue weighted by atomic mass is 10.2. The third kappa shape index (κ3) is 4.70. The Morgan fingerprint density at radius 1 is 1.37 bits per heavy atom. The van der Waals surface area contributed by atoms with Gasteiger partial charge in [-0.15, -0.1) is 0 Å². The average Bonchev–Trinajstić information content (AvgIpc) is 2.34. The van der Waals surface area contributed by atoms with Gasteiger partial charge in [0.15, 0.2) is 9.84 Å². The van der Waals surface area contributed by atoms with Gasteiger partial charge < -0.3 is 20.5 Å². The van der Waals surface area contributed by atoms with Crippen molar-refractivity contribution in [1.82, 2.24) is 0 Å². The number of hydrogen-bond acceptors (Lipinski definition) is 6. The summed E-state index contributed by atoms with van der Waals surface area (Å²) >= 11 is 0. The second-order valence-corrected chi connectivity index (χ2v) is 6.23. The molecule has 0 saturated carbocycles. The van der Waals surface area contributed by atoms with E-state index in [0.29, 0.717) is 24.5 Å². The minimum Gasteiger partial charge on any atom is -0.397 e. The summed E-state index contributed by atoms with van der Waals surface area (Å²) in [6.07, 6.45) is 1.05. The van der Waals surface area contributed by atoms with Gasteiger partial charge in [0.1, 0.15) is 0 Å². The summed E-state index contributed by atoms with van der Waals surface area (Å²) in [5, 5.41) is 3.10. The topological polar surface area (TPSA) is 90.7 Å². The van der Waals surface area contributed by atoms with Crippen molar-refractivity contribution in [1.29, 1.82) is 0 Å². The predicted molar refractivity (Wildman–Crippen MR) is 75.1 cm³/mol. The van der Waals surface area contributed by atoms with E-state index < -0.39 is 9.84 Å². The standard InChI is InChI=1S/C12H20N2O4S/c1-17-8-9(18-2)7-14-12-5-4-10(6-11(12)13)19(3,15)16/h4-6,9,14H,7-8,13H2,1-3H3. The Kier molecular flexibility index (Phi) is 5.59. The predicted octanol–water partition coefficient (Wildman–Crippen LogP) is 0.746. The van der Waals surface area contributed by atoms with Crippen LogP contribution in [0.5, 0.6) is 0 Å². The first kappa shape index (κ1) is 15.7. The SMILES string of the molecule is COCC(CNc1ccc(S(C)(=O)=O)cc1N)OC. The minimum absolute atomic E-state index is 0.0982. The Labute approximate surface area is 113 Å². The number of hydrogen-bond donors (Lipinski definition) is 2. The van der Waals surface area contributed by atoms with E-state index in [4.69, 9.17) is 15.2 Å². The summed E-state index contributed by atoms with van der Waals surface area (Å²) < 4.78 is 33.0. The zero-order valence-corrected chi connectivity index (χ0v) is 12.2. The largest absolute Gasteiger partial charge is 0.397 e. The molecule has 0 fully saturated rings. The van der Waals surface area contributed by atoms with E-state index in [-0.39, 0.29) is 11.0 Å². The molecule has 0 aliphatic carbocycles. The Bertz CT molecular complexity index is 516. The Balaban J connectivity index is 2.75. The number of sulfone groups is 1. The number of benzene rings is 1. The smallest absolute Gasteiger partial charge is 0.175 e. The third-order valence-electron chi connectivity index (χ3n) is 2.66. The minimum atomic E-state index is -3.24. The maximum atomic E-state index is 11.4. The molecule has 0 spiro atoms. The first-order valence-corrected chi connectivity index (χ1v) is 7.62. The molecule has 1 aromatic rings. The zero-order valence-electron chi connectivity index (χ0n) is 11.3. The summed E-state index contributed by atoms with van der Waals surface area (Å²) in [7, 11) is -0.0419. The highest BCUT2D eigenvalue weighted by atomic mass is 32.2. The summed E-state index contributed by atoms with van der Waals surface area (Å²) in [5.41, 5.74) is 6.88. The molecule has 0 bridgehead atoms. The molecule has 0 aliphatic rings. The van der Waals surface area contributed by atoms with Crippen molar-refractivity contribution in [3.8, 4) is 0 Å². The molecule has 1 aromatic carbocycles. The Morgan fingerprint density at radius 3 is 2.53 bits per heavy atom. The van der Waals surface area contributed by atoms with Gasteiger partial charge in [0.05, 0.1) is 29.0 Å². The molecule has 0 saturated heterocycles. The van der Waals surface area contributed by atoms with E-state index in [2.05, 4.69) is 5.32 Å². The van der Waals surface area contributed by atoms with E-state index in [1.54, 1.807) is 20.3 Å². The van der Waals surface area contributed by atoms with Crippen LogP contribution in [0.25, 0.3) is 0 Å². The zero-order chi connectivity index (χ0) is 14.5. The second kappa shape index (κ2) is 6.74. The van der Waals surface area contributed by atoms with Crippen LogP contribution in [0.2, 0.25) is 0 Å². The van der Waals surface area contributed by atoms with Gasteiger partial charge in [0.2, 0.25) is 0 Å². The van der Waals surface area contributed by atoms with Crippen LogP contribution in [0.3, 0.4) is 0 Å². The van der Waals surface area contributed by atoms with Gasteiger partial charge in [-0.1, -0.05) is 0 Å². The van der Waals surface area contributed by atoms with Gasteiger partial charge >= 0.3 is 0 Å². The van der Waals surface area contributed by atoms with Crippen LogP contribution in [-0.2, 0) is 19.3 Å². The van der Waals surface area contributed by atoms with Gasteiger partial charge in [-0.25, -0.2) is 8.42 Å². The number of nitrogens with one attached hydrogen (secondary N) is 1. The summed E-state index contributed by atoms with van der Waals surface area (Å²) in [4.78, 5) is 0.204. The van der Waals surface area contributed by atoms with Crippen LogP contribution in [0.15, 0.2) is 23.1 Å². The fourth-order valence-electron chi connectivity index (χ4n) is 1.55. The highest BCUT2D eigenvalue weighted by molar-refractivity contribution is 7.90. The number of anilines is 2. The first-order valence-electron chi connectivity index (χ1n) is 5.73. The molecule has 19 heavy (non-hydrogen) atoms. The van der Waals surface area contributed by atoms with E-state index >= 15 is 0 Å². The number of nitrogens with two attached hydrogens (primary N) is 1. The molecule has 7 heteroatoms. The van der Waals surface area contributed by atoms with Crippen molar-refractivity contribution < 1.29 is 17.9 Å². The third-order valence-corrected chi connectivity index (χ3v) is 3.77. The first-order chi connectivity index (χ1) is 8.88. The van der Waals surface area contributed by atoms with Crippen molar-refractivity contribution in [2.45, 2.75) is 11.0 Å². The molecule has 1 rings (SSSR count). The van der Waals surface area contributed by atoms with Crippen molar-refractivity contribution in [2.24, 2.45) is 0 Å². The van der Waals surface area contributed by atoms with Gasteiger partial charge in [-0.2, -0.15) is 0 Å². The summed E-state index contributed by atoms with van der Waals surface area (Å²) in [6.45, 7) is 0.984. The maximum absolute atomic E-state index is 11.4. The summed E-state index contributed by atoms with van der Waals surface area (Å²) in [6, 6.07) is 4.60. The molecular formula is C12H20N2O4S. The fourth-order valence-corrected chi connectivity index (χ4v) is 2.21. The van der Waals surface area contributed by atoms with E-state index in [0.717, 1.165) is 6.26 Å². The molecule has 0 radical (unpaired) electrons. The number of methoxy groups -OCH3 is 2. The quantitative estimate of drug-likeness (QED) is 0.719. The fraction of sp³-hybridized carbons (Fsp3) is 0.500. The molecule has 6 nitrogen and oxygen atoms in total. The molecular weight excluding hydrogens is 268 g/mol. The van der Waals surface area contributed by atoms with Crippen LogP contribution < -0.4 is 11.1 Å². The van der Waals surface area contributed by atoms with Crippen LogP contribution in [0.4, 0.5) is 11.4 Å². The Hall–Kier alpha value is -1.31. The number of nitrogen functional groups attached to an aromatic ring is 1. The van der Waals surface area contributed by atoms with Crippen molar-refractivity contribution >= 4 is 21.2 Å². The van der Waals surface area contributed by atoms with Crippen molar-refractivity contribution in [3.63, 3.8) is 0 Å². The van der Waals surface area contributed by atoms with Gasteiger partial charge in [0, 0.05) is 27.0 Å². The molecule has 0 aliphatic heterocycles. The van der Waals surface area contributed by atoms with Gasteiger partial charge in [-0.05, 0) is 18.2 Å². The number of ether oxygens (including phenoxy) is 2. The van der Waals surface area contributed by atoms with Crippen LogP contribution >= 0.6 is 0 Å². The molecule has 0 heterocycles. The lowest BCUT2D eigenvalue weighted by Gasteiger charge is -2.17. The van der Waals surface area contributed by atoms with E-state index in [1.165, 1.54) is 12.1 Å². The van der Waals surface area contributed by atoms with Crippen LogP contribution in [-0.4, -0.2) is 48.1 Å². The number of rotatable bonds is 7. The normalized spacial score (nSPS) is 13.2. The van der Waals surface area contributed by atoms with Gasteiger partial charge in [0.25, 0.3) is 0 Å². The summed E-state index contributed by atoms with van der Waals surface area (Å²) in [5.74, 6) is 0. The second-order valence-electron chi connectivity index (χ2n) is 4.22. The van der Waals surface area contributed by atoms with Crippen LogP contribution in [0, 0.1) is 0 Å². The lowest BCUT2D eigenvalue weighted by molar-refractivity contribution is 0.0366. The monoisotopic (exact) mass is 288 g/mol. The lowest BCUT2D eigenvalue weighted by Crippen LogP contribution is -2.26. The van der Waals surface area contributed by atoms with Gasteiger partial charge in [-0.3, -0.25) is 0 Å². The molecule has 0 aromatic heterocycles. The van der Waals surface area contributed by atoms with Crippen molar-refractivity contribution in [3.05, 3.63) is 18.2 Å². The molecule has 3 N–H and O–H groups in total. The average molecular weight is 288 g/mol. The molecule has 1 atom stereocenters. The molecule has 0 amide bonds. The van der Waals surface area contributed by atoms with Crippen molar-refractivity contribution in [2.75, 3.05) is 44.7 Å². The molecule has 1 unspecified atom stereocenters. The van der Waals surface area contributed by atoms with Crippen LogP contribution in [0.1, 0.15) is 0 Å². The Morgan fingerprint density at radius 2 is 2.05 bits per heavy atom. The molecule has 108 valence electrons. The maximum Gasteiger partial charge on any atom is 0.175 e. The van der Waals surface area contributed by atoms with E-state index in [9.17, 15) is 8.42 Å². The highest BCUT2D eigenvalue weighted by Crippen LogP contribution is 2.22. The van der Waals surface area contributed by atoms with E-state index in [1.807, 2.05) is 0 Å².